The van der Waals surface area contributed by atoms with Crippen LogP contribution in [0, 0.1) is 0 Å². The summed E-state index contributed by atoms with van der Waals surface area (Å²) >= 11 is 3.52. The molecule has 0 amide bonds. The van der Waals surface area contributed by atoms with Crippen LogP contribution < -0.4 is 14.8 Å². The lowest BCUT2D eigenvalue weighted by atomic mass is 10.2. The van der Waals surface area contributed by atoms with Crippen LogP contribution in [0.15, 0.2) is 16.6 Å². The lowest BCUT2D eigenvalue weighted by molar-refractivity contribution is 0.0374. The predicted molar refractivity (Wildman–Crippen MR) is 105 cm³/mol. The Morgan fingerprint density at radius 2 is 1.88 bits per heavy atom. The van der Waals surface area contributed by atoms with E-state index in [0.29, 0.717) is 0 Å². The second kappa shape index (κ2) is 13.0. The molecule has 1 saturated heterocycles. The molecule has 5 nitrogen and oxygen atoms in total. The van der Waals surface area contributed by atoms with Crippen LogP contribution in [-0.2, 0) is 11.3 Å². The third-order valence-corrected chi connectivity index (χ3v) is 4.34. The average Bonchev–Trinajstić information content (AvgIpc) is 2.55. The molecule has 0 bridgehead atoms. The molecule has 24 heavy (non-hydrogen) atoms. The minimum absolute atomic E-state index is 0. The van der Waals surface area contributed by atoms with E-state index in [1.54, 1.807) is 14.2 Å². The minimum atomic E-state index is 0. The number of benzene rings is 1. The van der Waals surface area contributed by atoms with Crippen molar-refractivity contribution in [1.29, 1.82) is 0 Å². The Balaban J connectivity index is 0.00000264. The molecule has 1 aromatic rings. The van der Waals surface area contributed by atoms with Crippen LogP contribution in [0.25, 0.3) is 0 Å². The molecule has 140 valence electrons. The summed E-state index contributed by atoms with van der Waals surface area (Å²) in [5.74, 6) is 1.49. The summed E-state index contributed by atoms with van der Waals surface area (Å²) < 4.78 is 17.0. The molecule has 1 aliphatic heterocycles. The van der Waals surface area contributed by atoms with Crippen molar-refractivity contribution in [3.8, 4) is 11.5 Å². The highest BCUT2D eigenvalue weighted by Crippen LogP contribution is 2.36. The van der Waals surface area contributed by atoms with Gasteiger partial charge in [0.15, 0.2) is 11.5 Å². The lowest BCUT2D eigenvalue weighted by Gasteiger charge is -2.26. The number of ether oxygens (including phenoxy) is 3. The number of hydrogen-bond donors (Lipinski definition) is 1. The van der Waals surface area contributed by atoms with Crippen LogP contribution >= 0.6 is 40.7 Å². The predicted octanol–water partition coefficient (Wildman–Crippen LogP) is 3.12. The maximum atomic E-state index is 5.36. The van der Waals surface area contributed by atoms with Crippen molar-refractivity contribution < 1.29 is 14.2 Å². The van der Waals surface area contributed by atoms with Crippen molar-refractivity contribution in [1.82, 2.24) is 10.2 Å². The second-order valence-electron chi connectivity index (χ2n) is 5.30. The zero-order chi connectivity index (χ0) is 15.8. The molecule has 0 aromatic heterocycles. The highest BCUT2D eigenvalue weighted by molar-refractivity contribution is 9.10. The number of nitrogens with one attached hydrogen (secondary N) is 1. The molecule has 8 heteroatoms. The largest absolute Gasteiger partial charge is 0.493 e. The first-order valence-electron chi connectivity index (χ1n) is 7.66. The zero-order valence-corrected chi connectivity index (χ0v) is 17.4. The summed E-state index contributed by atoms with van der Waals surface area (Å²) in [6, 6.07) is 4.08. The van der Waals surface area contributed by atoms with Crippen molar-refractivity contribution in [2.75, 3.05) is 53.6 Å². The third kappa shape index (κ3) is 7.33. The molecule has 1 aromatic carbocycles. The van der Waals surface area contributed by atoms with E-state index in [1.165, 1.54) is 5.56 Å². The number of halogens is 3. The van der Waals surface area contributed by atoms with E-state index in [0.717, 1.165) is 68.3 Å². The van der Waals surface area contributed by atoms with E-state index in [-0.39, 0.29) is 24.8 Å². The quantitative estimate of drug-likeness (QED) is 0.622. The van der Waals surface area contributed by atoms with Gasteiger partial charge in [0.05, 0.1) is 31.9 Å². The Labute approximate surface area is 165 Å². The van der Waals surface area contributed by atoms with Gasteiger partial charge in [0, 0.05) is 19.6 Å². The fourth-order valence-electron chi connectivity index (χ4n) is 2.56. The first-order chi connectivity index (χ1) is 10.7. The minimum Gasteiger partial charge on any atom is -0.493 e. The summed E-state index contributed by atoms with van der Waals surface area (Å²) in [5.41, 5.74) is 1.18. The third-order valence-electron chi connectivity index (χ3n) is 3.75. The zero-order valence-electron chi connectivity index (χ0n) is 14.2. The molecule has 1 fully saturated rings. The fraction of sp³-hybridized carbons (Fsp3) is 0.625. The van der Waals surface area contributed by atoms with Crippen LogP contribution in [0.4, 0.5) is 0 Å². The topological polar surface area (TPSA) is 43.0 Å². The van der Waals surface area contributed by atoms with Gasteiger partial charge in [-0.1, -0.05) is 0 Å². The molecule has 2 rings (SSSR count). The van der Waals surface area contributed by atoms with Crippen molar-refractivity contribution in [2.24, 2.45) is 0 Å². The monoisotopic (exact) mass is 444 g/mol. The smallest absolute Gasteiger partial charge is 0.174 e. The summed E-state index contributed by atoms with van der Waals surface area (Å²) in [4.78, 5) is 2.46. The van der Waals surface area contributed by atoms with Gasteiger partial charge in [0.2, 0.25) is 0 Å². The van der Waals surface area contributed by atoms with Crippen LogP contribution in [0.2, 0.25) is 0 Å². The van der Waals surface area contributed by atoms with E-state index in [9.17, 15) is 0 Å². The Bertz CT molecular complexity index is 475. The van der Waals surface area contributed by atoms with Gasteiger partial charge in [0.25, 0.3) is 0 Å². The first kappa shape index (κ1) is 23.8. The van der Waals surface area contributed by atoms with E-state index in [4.69, 9.17) is 14.2 Å². The van der Waals surface area contributed by atoms with Crippen molar-refractivity contribution >= 4 is 40.7 Å². The first-order valence-corrected chi connectivity index (χ1v) is 8.45. The number of morpholine rings is 1. The second-order valence-corrected chi connectivity index (χ2v) is 6.15. The maximum Gasteiger partial charge on any atom is 0.174 e. The molecular weight excluding hydrogens is 419 g/mol. The molecule has 0 unspecified atom stereocenters. The fourth-order valence-corrected chi connectivity index (χ4v) is 3.21. The summed E-state index contributed by atoms with van der Waals surface area (Å²) in [6.45, 7) is 6.81. The number of rotatable bonds is 8. The van der Waals surface area contributed by atoms with E-state index >= 15 is 0 Å². The van der Waals surface area contributed by atoms with E-state index in [2.05, 4.69) is 32.2 Å². The summed E-state index contributed by atoms with van der Waals surface area (Å²) in [6.07, 6.45) is 1.15. The van der Waals surface area contributed by atoms with Gasteiger partial charge in [-0.25, -0.2) is 0 Å². The molecule has 1 aliphatic rings. The SMILES string of the molecule is COc1cc(CNCCCN2CCOCC2)cc(Br)c1OC.Cl.Cl. The number of methoxy groups -OCH3 is 2. The van der Waals surface area contributed by atoms with Gasteiger partial charge >= 0.3 is 0 Å². The molecule has 0 aliphatic carbocycles. The standard InChI is InChI=1S/C16H25BrN2O3.2ClH/c1-20-15-11-13(10-14(17)16(15)21-2)12-18-4-3-5-19-6-8-22-9-7-19;;/h10-11,18H,3-9,12H2,1-2H3;2*1H. The maximum absolute atomic E-state index is 5.36. The molecule has 1 N–H and O–H groups in total. The van der Waals surface area contributed by atoms with Crippen LogP contribution in [0.3, 0.4) is 0 Å². The van der Waals surface area contributed by atoms with Gasteiger partial charge in [-0.2, -0.15) is 0 Å². The van der Waals surface area contributed by atoms with Crippen molar-refractivity contribution in [3.05, 3.63) is 22.2 Å². The Morgan fingerprint density at radius 3 is 2.50 bits per heavy atom. The summed E-state index contributed by atoms with van der Waals surface area (Å²) in [7, 11) is 3.30. The average molecular weight is 446 g/mol. The van der Waals surface area contributed by atoms with Gasteiger partial charge in [0.1, 0.15) is 0 Å². The highest BCUT2D eigenvalue weighted by Gasteiger charge is 2.11. The Morgan fingerprint density at radius 1 is 1.17 bits per heavy atom. The van der Waals surface area contributed by atoms with E-state index in [1.807, 2.05) is 6.07 Å². The normalized spacial score (nSPS) is 14.5. The van der Waals surface area contributed by atoms with Crippen LogP contribution in [0.5, 0.6) is 11.5 Å². The van der Waals surface area contributed by atoms with Crippen LogP contribution in [-0.4, -0.2) is 58.5 Å². The van der Waals surface area contributed by atoms with Crippen molar-refractivity contribution in [2.45, 2.75) is 13.0 Å². The van der Waals surface area contributed by atoms with Gasteiger partial charge in [-0.15, -0.1) is 24.8 Å². The van der Waals surface area contributed by atoms with Crippen molar-refractivity contribution in [3.63, 3.8) is 0 Å². The molecule has 0 spiro atoms. The lowest BCUT2D eigenvalue weighted by Crippen LogP contribution is -2.37. The molecular formula is C16H27BrCl2N2O3. The van der Waals surface area contributed by atoms with E-state index < -0.39 is 0 Å². The van der Waals surface area contributed by atoms with Crippen LogP contribution in [0.1, 0.15) is 12.0 Å². The molecule has 0 atom stereocenters. The number of nitrogens with zero attached hydrogens (tertiary/aromatic N) is 1. The Kier molecular flexibility index (Phi) is 12.9. The summed E-state index contributed by atoms with van der Waals surface area (Å²) in [5, 5.41) is 3.48. The number of hydrogen-bond acceptors (Lipinski definition) is 5. The molecule has 0 radical (unpaired) electrons. The molecule has 0 saturated carbocycles. The van der Waals surface area contributed by atoms with Gasteiger partial charge in [-0.05, 0) is 53.1 Å². The Hall–Kier alpha value is -0.240. The highest BCUT2D eigenvalue weighted by atomic mass is 79.9. The molecule has 1 heterocycles. The van der Waals surface area contributed by atoms with Gasteiger partial charge in [-0.3, -0.25) is 4.90 Å². The van der Waals surface area contributed by atoms with Gasteiger partial charge < -0.3 is 19.5 Å².